The van der Waals surface area contributed by atoms with Gasteiger partial charge in [0.25, 0.3) is 0 Å². The molecule has 4 heteroatoms. The summed E-state index contributed by atoms with van der Waals surface area (Å²) in [5.74, 6) is 0.932. The van der Waals surface area contributed by atoms with Crippen molar-refractivity contribution in [3.8, 4) is 0 Å². The number of hydrogen-bond donors (Lipinski definition) is 0. The molecule has 1 fully saturated rings. The van der Waals surface area contributed by atoms with Gasteiger partial charge in [0, 0.05) is 103 Å². The Hall–Kier alpha value is 1.87. The number of benzene rings is 2. The van der Waals surface area contributed by atoms with E-state index in [2.05, 4.69) is 49.7 Å². The largest absolute Gasteiger partial charge is 0.328 e. The Bertz CT molecular complexity index is 475. The van der Waals surface area contributed by atoms with Crippen LogP contribution in [0.2, 0.25) is 0 Å². The zero-order chi connectivity index (χ0) is 15.5. The Morgan fingerprint density at radius 1 is 0.923 bits per heavy atom. The Morgan fingerprint density at radius 3 is 1.81 bits per heavy atom. The molecule has 0 N–H and O–H groups in total. The van der Waals surface area contributed by atoms with Crippen LogP contribution in [0.25, 0.3) is 0 Å². The molecule has 1 saturated carbocycles. The van der Waals surface area contributed by atoms with Crippen LogP contribution in [0.1, 0.15) is 50.2 Å². The van der Waals surface area contributed by atoms with Crippen LogP contribution < -0.4 is 0 Å². The van der Waals surface area contributed by atoms with Gasteiger partial charge in [-0.2, -0.15) is 12.8 Å². The smallest absolute Gasteiger partial charge is 0 e. The van der Waals surface area contributed by atoms with Crippen molar-refractivity contribution in [2.24, 2.45) is 5.92 Å². The van der Waals surface area contributed by atoms with Crippen LogP contribution in [0.5, 0.6) is 0 Å². The van der Waals surface area contributed by atoms with E-state index in [1.807, 2.05) is 24.3 Å². The second-order valence-electron chi connectivity index (χ2n) is 6.08. The van der Waals surface area contributed by atoms with Crippen molar-refractivity contribution >= 4 is 0 Å². The van der Waals surface area contributed by atoms with Crippen LogP contribution in [-0.2, 0) is 85.2 Å². The quantitative estimate of drug-likeness (QED) is 0.339. The molecule has 1 aliphatic carbocycles. The van der Waals surface area contributed by atoms with Crippen LogP contribution in [-0.4, -0.2) is 0 Å². The normalized spacial score (nSPS) is 12.7. The summed E-state index contributed by atoms with van der Waals surface area (Å²) < 4.78 is 0. The van der Waals surface area contributed by atoms with Crippen LogP contribution in [0, 0.1) is 55.6 Å². The summed E-state index contributed by atoms with van der Waals surface area (Å²) in [5.41, 5.74) is 3.02. The second-order valence-corrected chi connectivity index (χ2v) is 6.08. The summed E-state index contributed by atoms with van der Waals surface area (Å²) in [6.45, 7) is 2.24. The summed E-state index contributed by atoms with van der Waals surface area (Å²) in [5, 5.41) is 0. The van der Waals surface area contributed by atoms with Crippen molar-refractivity contribution in [3.63, 3.8) is 0 Å². The molecule has 2 radical (unpaired) electrons. The van der Waals surface area contributed by atoms with Crippen LogP contribution >= 0.6 is 0 Å². The number of aryl methyl sites for hydroxylation is 1. The van der Waals surface area contributed by atoms with Crippen molar-refractivity contribution in [1.29, 1.82) is 0 Å². The first kappa shape index (κ1) is 32.5. The minimum absolute atomic E-state index is 0. The fourth-order valence-electron chi connectivity index (χ4n) is 2.97. The van der Waals surface area contributed by atoms with Gasteiger partial charge in [-0.05, 0) is 29.9 Å². The van der Waals surface area contributed by atoms with E-state index in [1.54, 1.807) is 0 Å². The Kier molecular flexibility index (Phi) is 27.0. The molecule has 0 aromatic heterocycles. The third-order valence-corrected chi connectivity index (χ3v) is 4.20. The van der Waals surface area contributed by atoms with E-state index in [9.17, 15) is 0 Å². The van der Waals surface area contributed by atoms with Crippen molar-refractivity contribution in [1.82, 2.24) is 0 Å². The third-order valence-electron chi connectivity index (χ3n) is 4.20. The SMILES string of the molecule is CCCc1ccc(CC2CC[CH-]CC2)cc1.[U].[V].[W].[Y].[c-]1cc[c-]cc1. The molecule has 0 nitrogen and oxygen atoms in total. The van der Waals surface area contributed by atoms with E-state index in [0.29, 0.717) is 0 Å². The molecule has 0 aliphatic heterocycles. The molecular weight excluding hydrogens is 826 g/mol. The van der Waals surface area contributed by atoms with Gasteiger partial charge in [0.2, 0.25) is 0 Å². The summed E-state index contributed by atoms with van der Waals surface area (Å²) in [6.07, 6.45) is 11.7. The van der Waals surface area contributed by atoms with E-state index in [4.69, 9.17) is 0 Å². The van der Waals surface area contributed by atoms with Crippen LogP contribution in [0.4, 0.5) is 0 Å². The first-order valence-corrected chi connectivity index (χ1v) is 8.60. The zero-order valence-corrected chi connectivity index (χ0v) is 27.0. The van der Waals surface area contributed by atoms with Gasteiger partial charge in [0.1, 0.15) is 0 Å². The summed E-state index contributed by atoms with van der Waals surface area (Å²) >= 11 is 0. The van der Waals surface area contributed by atoms with E-state index < -0.39 is 0 Å². The fraction of sp³-hybridized carbons (Fsp3) is 0.409. The maximum absolute atomic E-state index is 2.86. The molecule has 1 aliphatic rings. The molecule has 0 bridgehead atoms. The molecule has 2 aromatic rings. The minimum atomic E-state index is 0. The Morgan fingerprint density at radius 2 is 1.38 bits per heavy atom. The standard InChI is InChI=1S/C16H23.C6H4.U.V.W.Y/c1-2-6-14-9-11-16(12-10-14)13-15-7-4-3-5-8-15;1-2-4-6-5-3-1;;;;/h3,9-12,15H,2,4-8,13H2,1H3;1-2,5-6H;;;;/q-1;-2;;;;. The van der Waals surface area contributed by atoms with Gasteiger partial charge in [-0.25, -0.2) is 0 Å². The predicted octanol–water partition coefficient (Wildman–Crippen LogP) is 5.86. The molecule has 3 rings (SSSR count). The molecule has 0 unspecified atom stereocenters. The van der Waals surface area contributed by atoms with Crippen LogP contribution in [0.15, 0.2) is 48.5 Å². The molecule has 0 spiro atoms. The van der Waals surface area contributed by atoms with Gasteiger partial charge >= 0.3 is 0 Å². The average molecular weight is 853 g/mol. The first-order valence-electron chi connectivity index (χ1n) is 8.60. The van der Waals surface area contributed by atoms with Gasteiger partial charge in [0.15, 0.2) is 0 Å². The molecule has 0 atom stereocenters. The second kappa shape index (κ2) is 21.6. The van der Waals surface area contributed by atoms with Gasteiger partial charge in [-0.3, -0.25) is 24.3 Å². The van der Waals surface area contributed by atoms with Crippen LogP contribution in [0.3, 0.4) is 0 Å². The first-order chi connectivity index (χ1) is 10.9. The maximum atomic E-state index is 2.86. The topological polar surface area (TPSA) is 0 Å². The van der Waals surface area contributed by atoms with Gasteiger partial charge in [-0.15, -0.1) is 0 Å². The maximum Gasteiger partial charge on any atom is 0 e. The summed E-state index contributed by atoms with van der Waals surface area (Å²) in [6, 6.07) is 22.3. The van der Waals surface area contributed by atoms with Crippen molar-refractivity contribution in [3.05, 3.63) is 78.2 Å². The van der Waals surface area contributed by atoms with E-state index in [0.717, 1.165) is 5.92 Å². The van der Waals surface area contributed by atoms with Gasteiger partial charge < -0.3 is 18.6 Å². The molecule has 0 heterocycles. The molecule has 0 amide bonds. The molecule has 2 aromatic carbocycles. The number of rotatable bonds is 4. The summed E-state index contributed by atoms with van der Waals surface area (Å²) in [4.78, 5) is 0. The molecule has 0 saturated heterocycles. The summed E-state index contributed by atoms with van der Waals surface area (Å²) in [7, 11) is 0. The fourth-order valence-corrected chi connectivity index (χ4v) is 2.97. The van der Waals surface area contributed by atoms with E-state index in [1.165, 1.54) is 56.1 Å². The Balaban J connectivity index is -0.000000460. The van der Waals surface area contributed by atoms with Gasteiger partial charge in [-0.1, -0.05) is 50.5 Å². The minimum Gasteiger partial charge on any atom is -0.328 e. The molecular formula is C22H27UVWY-3. The number of hydrogen-bond acceptors (Lipinski definition) is 0. The van der Waals surface area contributed by atoms with E-state index >= 15 is 0 Å². The zero-order valence-electron chi connectivity index (χ0n) is 15.7. The van der Waals surface area contributed by atoms with Crippen molar-refractivity contribution in [2.75, 3.05) is 0 Å². The molecule has 136 valence electrons. The van der Waals surface area contributed by atoms with E-state index in [-0.39, 0.29) is 103 Å². The third kappa shape index (κ3) is 14.8. The van der Waals surface area contributed by atoms with Crippen molar-refractivity contribution < 1.29 is 103 Å². The van der Waals surface area contributed by atoms with Gasteiger partial charge in [0.05, 0.1) is 0 Å². The monoisotopic (exact) mass is 853 g/mol. The Labute approximate surface area is 236 Å². The predicted molar refractivity (Wildman–Crippen MR) is 94.5 cm³/mol. The van der Waals surface area contributed by atoms with Crippen molar-refractivity contribution in [2.45, 2.75) is 51.9 Å². The molecule has 26 heavy (non-hydrogen) atoms. The average Bonchev–Trinajstić information content (AvgIpc) is 2.60.